The highest BCUT2D eigenvalue weighted by Gasteiger charge is 2.30. The Morgan fingerprint density at radius 2 is 1.62 bits per heavy atom. The minimum atomic E-state index is -4.44. The maximum Gasteiger partial charge on any atom is 0.416 e. The first-order valence-electron chi connectivity index (χ1n) is 10.0. The van der Waals surface area contributed by atoms with Crippen LogP contribution in [-0.2, 0) is 23.9 Å². The number of hydrogen-bond donors (Lipinski definition) is 2. The van der Waals surface area contributed by atoms with E-state index in [1.54, 1.807) is 6.92 Å². The highest BCUT2D eigenvalue weighted by Crippen LogP contribution is 2.33. The van der Waals surface area contributed by atoms with E-state index in [0.717, 1.165) is 40.2 Å². The number of amides is 2. The fraction of sp³-hybridized carbons (Fsp3) is 0.250. The van der Waals surface area contributed by atoms with Crippen LogP contribution in [0.5, 0.6) is 0 Å². The Labute approximate surface area is 188 Å². The van der Waals surface area contributed by atoms with Gasteiger partial charge in [0.2, 0.25) is 5.91 Å². The summed E-state index contributed by atoms with van der Waals surface area (Å²) in [4.78, 5) is 25.4. The van der Waals surface area contributed by atoms with Gasteiger partial charge in [-0.15, -0.1) is 11.3 Å². The lowest BCUT2D eigenvalue weighted by Crippen LogP contribution is -2.22. The third-order valence-electron chi connectivity index (χ3n) is 5.10. The SMILES string of the molecule is Cc1c(NC(=O)CCc2ccccc2)sc(C(=O)NCc2cccc(C(F)(F)F)c2)c1C. The molecule has 2 aromatic carbocycles. The van der Waals surface area contributed by atoms with E-state index in [1.807, 2.05) is 37.3 Å². The number of nitrogens with one attached hydrogen (secondary N) is 2. The zero-order chi connectivity index (χ0) is 23.3. The molecule has 4 nitrogen and oxygen atoms in total. The van der Waals surface area contributed by atoms with Gasteiger partial charge in [0.25, 0.3) is 5.91 Å². The van der Waals surface area contributed by atoms with Gasteiger partial charge in [-0.05, 0) is 54.7 Å². The molecule has 0 aliphatic heterocycles. The number of rotatable bonds is 7. The second-order valence-corrected chi connectivity index (χ2v) is 8.45. The fourth-order valence-corrected chi connectivity index (χ4v) is 4.29. The first-order valence-corrected chi connectivity index (χ1v) is 10.8. The molecule has 2 amide bonds. The molecule has 0 spiro atoms. The molecule has 0 fully saturated rings. The lowest BCUT2D eigenvalue weighted by molar-refractivity contribution is -0.137. The Hall–Kier alpha value is -3.13. The quantitative estimate of drug-likeness (QED) is 0.462. The number of hydrogen-bond acceptors (Lipinski definition) is 3. The molecule has 0 aliphatic rings. The first kappa shape index (κ1) is 23.5. The van der Waals surface area contributed by atoms with Crippen molar-refractivity contribution in [3.8, 4) is 0 Å². The number of carbonyl (C=O) groups is 2. The van der Waals surface area contributed by atoms with E-state index in [4.69, 9.17) is 0 Å². The predicted octanol–water partition coefficient (Wildman–Crippen LogP) is 5.89. The number of aryl methyl sites for hydroxylation is 1. The van der Waals surface area contributed by atoms with Crippen molar-refractivity contribution in [3.63, 3.8) is 0 Å². The summed E-state index contributed by atoms with van der Waals surface area (Å²) in [6, 6.07) is 14.5. The summed E-state index contributed by atoms with van der Waals surface area (Å²) in [7, 11) is 0. The molecule has 2 N–H and O–H groups in total. The standard InChI is InChI=1S/C24H23F3N2O2S/c1-15-16(2)23(29-20(30)12-11-17-7-4-3-5-8-17)32-21(15)22(31)28-14-18-9-6-10-19(13-18)24(25,26)27/h3-10,13H,11-12,14H2,1-2H3,(H,28,31)(H,29,30). The minimum absolute atomic E-state index is 0.0299. The molecule has 3 aromatic rings. The molecular weight excluding hydrogens is 437 g/mol. The summed E-state index contributed by atoms with van der Waals surface area (Å²) in [5.74, 6) is -0.535. The van der Waals surface area contributed by atoms with Crippen molar-refractivity contribution in [1.29, 1.82) is 0 Å². The summed E-state index contributed by atoms with van der Waals surface area (Å²) >= 11 is 1.16. The molecular formula is C24H23F3N2O2S. The van der Waals surface area contributed by atoms with Gasteiger partial charge in [0, 0.05) is 13.0 Å². The van der Waals surface area contributed by atoms with Crippen LogP contribution in [0.2, 0.25) is 0 Å². The van der Waals surface area contributed by atoms with Crippen molar-refractivity contribution in [2.24, 2.45) is 0 Å². The average molecular weight is 461 g/mol. The highest BCUT2D eigenvalue weighted by atomic mass is 32.1. The van der Waals surface area contributed by atoms with Gasteiger partial charge < -0.3 is 10.6 Å². The van der Waals surface area contributed by atoms with Gasteiger partial charge in [-0.3, -0.25) is 9.59 Å². The molecule has 8 heteroatoms. The molecule has 0 aliphatic carbocycles. The Morgan fingerprint density at radius 1 is 0.938 bits per heavy atom. The van der Waals surface area contributed by atoms with Crippen molar-refractivity contribution in [2.75, 3.05) is 5.32 Å². The van der Waals surface area contributed by atoms with E-state index in [9.17, 15) is 22.8 Å². The van der Waals surface area contributed by atoms with Gasteiger partial charge in [0.05, 0.1) is 15.4 Å². The number of anilines is 1. The molecule has 0 bridgehead atoms. The molecule has 0 radical (unpaired) electrons. The van der Waals surface area contributed by atoms with E-state index < -0.39 is 17.6 Å². The van der Waals surface area contributed by atoms with Crippen LogP contribution in [0.1, 0.15) is 43.9 Å². The average Bonchev–Trinajstić information content (AvgIpc) is 3.05. The molecule has 32 heavy (non-hydrogen) atoms. The van der Waals surface area contributed by atoms with E-state index in [0.29, 0.717) is 28.3 Å². The van der Waals surface area contributed by atoms with Gasteiger partial charge in [-0.2, -0.15) is 13.2 Å². The van der Waals surface area contributed by atoms with Crippen LogP contribution in [0.3, 0.4) is 0 Å². The van der Waals surface area contributed by atoms with Gasteiger partial charge >= 0.3 is 6.18 Å². The summed E-state index contributed by atoms with van der Waals surface area (Å²) in [6.45, 7) is 3.57. The normalized spacial score (nSPS) is 11.3. The van der Waals surface area contributed by atoms with Crippen LogP contribution >= 0.6 is 11.3 Å². The molecule has 0 unspecified atom stereocenters. The highest BCUT2D eigenvalue weighted by molar-refractivity contribution is 7.18. The van der Waals surface area contributed by atoms with Crippen LogP contribution in [0, 0.1) is 13.8 Å². The van der Waals surface area contributed by atoms with E-state index in [2.05, 4.69) is 10.6 Å². The fourth-order valence-electron chi connectivity index (χ4n) is 3.14. The maximum absolute atomic E-state index is 12.9. The number of thiophene rings is 1. The molecule has 0 saturated heterocycles. The number of halogens is 3. The smallest absolute Gasteiger partial charge is 0.347 e. The van der Waals surface area contributed by atoms with Crippen LogP contribution in [0.25, 0.3) is 0 Å². The van der Waals surface area contributed by atoms with Gasteiger partial charge in [-0.1, -0.05) is 42.5 Å². The largest absolute Gasteiger partial charge is 0.416 e. The van der Waals surface area contributed by atoms with E-state index in [1.165, 1.54) is 12.1 Å². The lowest BCUT2D eigenvalue weighted by atomic mass is 10.1. The number of alkyl halides is 3. The topological polar surface area (TPSA) is 58.2 Å². The van der Waals surface area contributed by atoms with Gasteiger partial charge in [0.1, 0.15) is 0 Å². The summed E-state index contributed by atoms with van der Waals surface area (Å²) < 4.78 is 38.6. The van der Waals surface area contributed by atoms with Crippen LogP contribution in [0.4, 0.5) is 18.2 Å². The Kier molecular flexibility index (Phi) is 7.35. The van der Waals surface area contributed by atoms with E-state index >= 15 is 0 Å². The maximum atomic E-state index is 12.9. The second-order valence-electron chi connectivity index (χ2n) is 7.42. The van der Waals surface area contributed by atoms with Crippen molar-refractivity contribution in [3.05, 3.63) is 87.3 Å². The zero-order valence-corrected chi connectivity index (χ0v) is 18.5. The number of benzene rings is 2. The third-order valence-corrected chi connectivity index (χ3v) is 6.41. The van der Waals surface area contributed by atoms with Crippen molar-refractivity contribution < 1.29 is 22.8 Å². The molecule has 0 saturated carbocycles. The summed E-state index contributed by atoms with van der Waals surface area (Å²) in [5.41, 5.74) is 2.19. The van der Waals surface area contributed by atoms with Crippen LogP contribution in [0.15, 0.2) is 54.6 Å². The van der Waals surface area contributed by atoms with Crippen molar-refractivity contribution in [2.45, 2.75) is 39.4 Å². The Balaban J connectivity index is 1.62. The molecule has 3 rings (SSSR count). The van der Waals surface area contributed by atoms with Gasteiger partial charge in [-0.25, -0.2) is 0 Å². The Morgan fingerprint density at radius 3 is 2.31 bits per heavy atom. The van der Waals surface area contributed by atoms with Crippen molar-refractivity contribution >= 4 is 28.2 Å². The van der Waals surface area contributed by atoms with Crippen LogP contribution < -0.4 is 10.6 Å². The summed E-state index contributed by atoms with van der Waals surface area (Å²) in [5, 5.41) is 6.14. The van der Waals surface area contributed by atoms with Crippen LogP contribution in [-0.4, -0.2) is 11.8 Å². The lowest BCUT2D eigenvalue weighted by Gasteiger charge is -2.09. The van der Waals surface area contributed by atoms with Crippen molar-refractivity contribution in [1.82, 2.24) is 5.32 Å². The molecule has 1 heterocycles. The first-order chi connectivity index (χ1) is 15.1. The summed E-state index contributed by atoms with van der Waals surface area (Å²) in [6.07, 6.45) is -3.51. The number of carbonyl (C=O) groups excluding carboxylic acids is 2. The Bertz CT molecular complexity index is 1110. The zero-order valence-electron chi connectivity index (χ0n) is 17.7. The predicted molar refractivity (Wildman–Crippen MR) is 120 cm³/mol. The minimum Gasteiger partial charge on any atom is -0.347 e. The van der Waals surface area contributed by atoms with Gasteiger partial charge in [0.15, 0.2) is 0 Å². The molecule has 0 atom stereocenters. The monoisotopic (exact) mass is 460 g/mol. The second kappa shape index (κ2) is 9.99. The third kappa shape index (κ3) is 5.97. The molecule has 168 valence electrons. The molecule has 1 aromatic heterocycles. The van der Waals surface area contributed by atoms with E-state index in [-0.39, 0.29) is 12.5 Å².